The van der Waals surface area contributed by atoms with E-state index in [-0.39, 0.29) is 23.3 Å². The number of nitrogens with one attached hydrogen (secondary N) is 1. The van der Waals surface area contributed by atoms with Gasteiger partial charge in [0.1, 0.15) is 0 Å². The number of aromatic nitrogens is 1. The van der Waals surface area contributed by atoms with Crippen molar-refractivity contribution in [1.82, 2.24) is 9.29 Å². The number of fused-ring (bicyclic) bond motifs is 1. The van der Waals surface area contributed by atoms with Crippen LogP contribution >= 0.6 is 22.9 Å². The first kappa shape index (κ1) is 17.0. The minimum absolute atomic E-state index is 0.0109. The second kappa shape index (κ2) is 6.35. The van der Waals surface area contributed by atoms with Crippen LogP contribution < -0.4 is 5.32 Å². The Labute approximate surface area is 154 Å². The maximum atomic E-state index is 12.8. The summed E-state index contributed by atoms with van der Waals surface area (Å²) in [5, 5.41) is 3.90. The Kier molecular flexibility index (Phi) is 4.31. The summed E-state index contributed by atoms with van der Waals surface area (Å²) in [6.45, 7) is 0.648. The van der Waals surface area contributed by atoms with E-state index in [0.717, 1.165) is 23.4 Å². The van der Waals surface area contributed by atoms with Crippen molar-refractivity contribution in [2.45, 2.75) is 30.7 Å². The van der Waals surface area contributed by atoms with Crippen LogP contribution in [-0.4, -0.2) is 30.2 Å². The third-order valence-electron chi connectivity index (χ3n) is 4.33. The van der Waals surface area contributed by atoms with Gasteiger partial charge in [-0.2, -0.15) is 4.31 Å². The van der Waals surface area contributed by atoms with Gasteiger partial charge < -0.3 is 5.32 Å². The molecule has 1 saturated carbocycles. The molecule has 132 valence electrons. The molecule has 0 unspecified atom stereocenters. The molecule has 1 aliphatic heterocycles. The van der Waals surface area contributed by atoms with E-state index in [2.05, 4.69) is 10.3 Å². The van der Waals surface area contributed by atoms with Crippen LogP contribution in [0.4, 0.5) is 5.13 Å². The zero-order valence-corrected chi connectivity index (χ0v) is 15.6. The normalized spacial score (nSPS) is 18.0. The van der Waals surface area contributed by atoms with E-state index in [4.69, 9.17) is 11.6 Å². The van der Waals surface area contributed by atoms with Gasteiger partial charge in [-0.05, 0) is 37.1 Å². The highest BCUT2D eigenvalue weighted by molar-refractivity contribution is 7.89. The number of amides is 1. The van der Waals surface area contributed by atoms with Crippen molar-refractivity contribution in [1.29, 1.82) is 0 Å². The van der Waals surface area contributed by atoms with Gasteiger partial charge >= 0.3 is 0 Å². The second-order valence-electron chi connectivity index (χ2n) is 6.19. The largest absolute Gasteiger partial charge is 0.302 e. The van der Waals surface area contributed by atoms with Crippen molar-refractivity contribution in [3.8, 4) is 0 Å². The van der Waals surface area contributed by atoms with E-state index in [1.807, 2.05) is 0 Å². The Morgan fingerprint density at radius 1 is 1.28 bits per heavy atom. The molecule has 0 bridgehead atoms. The van der Waals surface area contributed by atoms with Crippen LogP contribution in [0.3, 0.4) is 0 Å². The third kappa shape index (κ3) is 3.44. The average Bonchev–Trinajstić information content (AvgIpc) is 3.35. The first-order valence-electron chi connectivity index (χ1n) is 7.98. The van der Waals surface area contributed by atoms with E-state index in [1.54, 1.807) is 12.1 Å². The number of thiazole rings is 1. The number of rotatable bonds is 4. The van der Waals surface area contributed by atoms with Gasteiger partial charge in [-0.25, -0.2) is 13.4 Å². The smallest absolute Gasteiger partial charge is 0.243 e. The topological polar surface area (TPSA) is 79.4 Å². The molecule has 9 heteroatoms. The van der Waals surface area contributed by atoms with E-state index >= 15 is 0 Å². The average molecular weight is 398 g/mol. The molecule has 1 fully saturated rings. The van der Waals surface area contributed by atoms with Gasteiger partial charge in [-0.3, -0.25) is 4.79 Å². The number of carbonyl (C=O) groups is 1. The third-order valence-corrected chi connectivity index (χ3v) is 7.44. The van der Waals surface area contributed by atoms with Crippen molar-refractivity contribution in [2.75, 3.05) is 11.9 Å². The van der Waals surface area contributed by atoms with E-state index in [9.17, 15) is 13.2 Å². The summed E-state index contributed by atoms with van der Waals surface area (Å²) in [4.78, 5) is 17.4. The van der Waals surface area contributed by atoms with E-state index < -0.39 is 10.0 Å². The fourth-order valence-electron chi connectivity index (χ4n) is 2.74. The second-order valence-corrected chi connectivity index (χ2v) is 9.65. The van der Waals surface area contributed by atoms with E-state index in [0.29, 0.717) is 23.1 Å². The fraction of sp³-hybridized carbons (Fsp3) is 0.375. The summed E-state index contributed by atoms with van der Waals surface area (Å²) in [5.41, 5.74) is 0.874. The van der Waals surface area contributed by atoms with Crippen LogP contribution in [0, 0.1) is 5.92 Å². The summed E-state index contributed by atoms with van der Waals surface area (Å²) in [7, 11) is -3.57. The highest BCUT2D eigenvalue weighted by Crippen LogP contribution is 2.34. The standard InChI is InChI=1S/C16H16ClN3O3S2/c17-11-3-5-12(6-4-11)25(22,23)20-8-7-13-14(9-20)24-16(18-13)19-15(21)10-1-2-10/h3-6,10H,1-2,7-9H2,(H,18,19,21). The number of anilines is 1. The Hall–Kier alpha value is -1.48. The van der Waals surface area contributed by atoms with Crippen LogP contribution in [0.5, 0.6) is 0 Å². The lowest BCUT2D eigenvalue weighted by Gasteiger charge is -2.25. The quantitative estimate of drug-likeness (QED) is 0.860. The Balaban J connectivity index is 1.53. The van der Waals surface area contributed by atoms with Crippen LogP contribution in [0.1, 0.15) is 23.4 Å². The molecule has 0 saturated heterocycles. The number of benzene rings is 1. The molecule has 6 nitrogen and oxygen atoms in total. The molecule has 1 amide bonds. The van der Waals surface area contributed by atoms with Gasteiger partial charge in [0, 0.05) is 28.8 Å². The van der Waals surface area contributed by atoms with Crippen molar-refractivity contribution in [3.05, 3.63) is 39.9 Å². The van der Waals surface area contributed by atoms with E-state index in [1.165, 1.54) is 27.8 Å². The summed E-state index contributed by atoms with van der Waals surface area (Å²) in [6.07, 6.45) is 2.41. The minimum Gasteiger partial charge on any atom is -0.302 e. The molecule has 0 radical (unpaired) electrons. The lowest BCUT2D eigenvalue weighted by Crippen LogP contribution is -2.35. The number of halogens is 1. The van der Waals surface area contributed by atoms with Crippen molar-refractivity contribution in [3.63, 3.8) is 0 Å². The minimum atomic E-state index is -3.57. The molecule has 1 aromatic heterocycles. The number of hydrogen-bond acceptors (Lipinski definition) is 5. The number of nitrogens with zero attached hydrogens (tertiary/aromatic N) is 2. The van der Waals surface area contributed by atoms with Gasteiger partial charge in [0.05, 0.1) is 17.1 Å². The molecule has 4 rings (SSSR count). The lowest BCUT2D eigenvalue weighted by molar-refractivity contribution is -0.117. The van der Waals surface area contributed by atoms with Crippen molar-refractivity contribution >= 4 is 44.0 Å². The molecule has 1 aromatic carbocycles. The molecule has 1 aliphatic carbocycles. The molecule has 0 atom stereocenters. The lowest BCUT2D eigenvalue weighted by atomic mass is 10.2. The number of hydrogen-bond donors (Lipinski definition) is 1. The predicted molar refractivity (Wildman–Crippen MR) is 96.2 cm³/mol. The zero-order valence-electron chi connectivity index (χ0n) is 13.2. The van der Waals surface area contributed by atoms with Gasteiger partial charge in [0.2, 0.25) is 15.9 Å². The molecule has 2 aromatic rings. The van der Waals surface area contributed by atoms with Crippen molar-refractivity contribution < 1.29 is 13.2 Å². The van der Waals surface area contributed by atoms with Crippen molar-refractivity contribution in [2.24, 2.45) is 5.92 Å². The molecule has 1 N–H and O–H groups in total. The Morgan fingerprint density at radius 2 is 2.00 bits per heavy atom. The molecule has 0 spiro atoms. The van der Waals surface area contributed by atoms with Gasteiger partial charge in [0.15, 0.2) is 5.13 Å². The summed E-state index contributed by atoms with van der Waals surface area (Å²) >= 11 is 7.19. The number of carbonyl (C=O) groups excluding carboxylic acids is 1. The van der Waals surface area contributed by atoms with Gasteiger partial charge in [-0.15, -0.1) is 11.3 Å². The molecule has 25 heavy (non-hydrogen) atoms. The fourth-order valence-corrected chi connectivity index (χ4v) is 5.38. The highest BCUT2D eigenvalue weighted by atomic mass is 35.5. The van der Waals surface area contributed by atoms with Gasteiger partial charge in [0.25, 0.3) is 0 Å². The molecular weight excluding hydrogens is 382 g/mol. The van der Waals surface area contributed by atoms with Crippen LogP contribution in [0.15, 0.2) is 29.2 Å². The molecule has 2 aliphatic rings. The Bertz CT molecular complexity index is 921. The zero-order chi connectivity index (χ0) is 17.6. The summed E-state index contributed by atoms with van der Waals surface area (Å²) < 4.78 is 27.0. The first-order valence-corrected chi connectivity index (χ1v) is 10.6. The SMILES string of the molecule is O=C(Nc1nc2c(s1)CN(S(=O)(=O)c1ccc(Cl)cc1)CC2)C1CC1. The maximum Gasteiger partial charge on any atom is 0.243 e. The summed E-state index contributed by atoms with van der Waals surface area (Å²) in [5.74, 6) is 0.124. The monoisotopic (exact) mass is 397 g/mol. The maximum absolute atomic E-state index is 12.8. The Morgan fingerprint density at radius 3 is 2.68 bits per heavy atom. The molecular formula is C16H16ClN3O3S2. The number of sulfonamides is 1. The first-order chi connectivity index (χ1) is 11.9. The predicted octanol–water partition coefficient (Wildman–Crippen LogP) is 2.89. The van der Waals surface area contributed by atoms with Crippen LogP contribution in [0.25, 0.3) is 0 Å². The molecule has 2 heterocycles. The van der Waals surface area contributed by atoms with Gasteiger partial charge in [-0.1, -0.05) is 11.6 Å². The van der Waals surface area contributed by atoms with Crippen LogP contribution in [-0.2, 0) is 27.8 Å². The summed E-state index contributed by atoms with van der Waals surface area (Å²) in [6, 6.07) is 6.17. The highest BCUT2D eigenvalue weighted by Gasteiger charge is 2.32. The van der Waals surface area contributed by atoms with Crippen LogP contribution in [0.2, 0.25) is 5.02 Å².